The summed E-state index contributed by atoms with van der Waals surface area (Å²) in [5.74, 6) is 0. The predicted octanol–water partition coefficient (Wildman–Crippen LogP) is 1.50. The van der Waals surface area contributed by atoms with Crippen molar-refractivity contribution in [3.05, 3.63) is 48.6 Å². The topological polar surface area (TPSA) is 49.7 Å². The van der Waals surface area contributed by atoms with Crippen molar-refractivity contribution >= 4 is 0 Å². The van der Waals surface area contributed by atoms with Gasteiger partial charge in [0, 0.05) is 0 Å². The average molecular weight is 222 g/mol. The Kier molecular flexibility index (Phi) is 5.19. The molecule has 0 heterocycles. The first-order valence-electron chi connectivity index (χ1n) is 5.29. The standard InChI is InChI=1S/C13H18O3/c1-3-12(13(15)10(2)14)16-9-11-7-5-4-6-8-11/h3-8,10,12-15H,1,9H2,2H3/t10-,12+,13+/m0/s1. The Morgan fingerprint density at radius 2 is 1.94 bits per heavy atom. The second-order valence-electron chi connectivity index (χ2n) is 3.73. The SMILES string of the molecule is C=C[C@@H](OCc1ccccc1)[C@H](O)[C@H](C)O. The van der Waals surface area contributed by atoms with E-state index < -0.39 is 18.3 Å². The predicted molar refractivity (Wildman–Crippen MR) is 62.9 cm³/mol. The molecule has 0 aliphatic rings. The van der Waals surface area contributed by atoms with Crippen LogP contribution in [-0.2, 0) is 11.3 Å². The first-order chi connectivity index (χ1) is 7.65. The molecule has 1 rings (SSSR count). The zero-order chi connectivity index (χ0) is 12.0. The van der Waals surface area contributed by atoms with Crippen LogP contribution >= 0.6 is 0 Å². The Balaban J connectivity index is 2.49. The normalized spacial score (nSPS) is 16.4. The van der Waals surface area contributed by atoms with Crippen LogP contribution in [0.25, 0.3) is 0 Å². The van der Waals surface area contributed by atoms with Crippen LogP contribution in [-0.4, -0.2) is 28.5 Å². The van der Waals surface area contributed by atoms with Crippen molar-refractivity contribution in [3.63, 3.8) is 0 Å². The molecule has 0 saturated carbocycles. The Labute approximate surface area is 96.0 Å². The Morgan fingerprint density at radius 3 is 2.44 bits per heavy atom. The maximum atomic E-state index is 9.62. The van der Waals surface area contributed by atoms with Crippen molar-refractivity contribution in [2.45, 2.75) is 31.8 Å². The van der Waals surface area contributed by atoms with Crippen molar-refractivity contribution in [2.24, 2.45) is 0 Å². The highest BCUT2D eigenvalue weighted by Crippen LogP contribution is 2.09. The molecule has 0 saturated heterocycles. The van der Waals surface area contributed by atoms with Gasteiger partial charge in [-0.1, -0.05) is 36.4 Å². The Hall–Kier alpha value is -1.16. The summed E-state index contributed by atoms with van der Waals surface area (Å²) < 4.78 is 5.47. The average Bonchev–Trinajstić information content (AvgIpc) is 2.30. The van der Waals surface area contributed by atoms with Gasteiger partial charge in [-0.15, -0.1) is 6.58 Å². The molecule has 0 amide bonds. The van der Waals surface area contributed by atoms with Crippen LogP contribution in [0.5, 0.6) is 0 Å². The second kappa shape index (κ2) is 6.43. The zero-order valence-electron chi connectivity index (χ0n) is 9.41. The van der Waals surface area contributed by atoms with Crippen molar-refractivity contribution in [2.75, 3.05) is 0 Å². The highest BCUT2D eigenvalue weighted by Gasteiger charge is 2.21. The van der Waals surface area contributed by atoms with Crippen molar-refractivity contribution in [1.82, 2.24) is 0 Å². The molecule has 0 aromatic heterocycles. The van der Waals surface area contributed by atoms with E-state index in [1.165, 1.54) is 13.0 Å². The van der Waals surface area contributed by atoms with Crippen LogP contribution in [0.4, 0.5) is 0 Å². The third-order valence-corrected chi connectivity index (χ3v) is 2.35. The molecule has 3 heteroatoms. The second-order valence-corrected chi connectivity index (χ2v) is 3.73. The van der Waals surface area contributed by atoms with Crippen molar-refractivity contribution < 1.29 is 14.9 Å². The van der Waals surface area contributed by atoms with Gasteiger partial charge in [0.15, 0.2) is 0 Å². The Morgan fingerprint density at radius 1 is 1.31 bits per heavy atom. The number of ether oxygens (including phenoxy) is 1. The molecule has 0 aliphatic heterocycles. The van der Waals surface area contributed by atoms with Gasteiger partial charge in [0.05, 0.1) is 12.7 Å². The molecule has 0 aliphatic carbocycles. The first kappa shape index (κ1) is 12.9. The molecule has 0 fully saturated rings. The molecular weight excluding hydrogens is 204 g/mol. The summed E-state index contributed by atoms with van der Waals surface area (Å²) in [6.45, 7) is 5.49. The Bertz CT molecular complexity index is 308. The van der Waals surface area contributed by atoms with Gasteiger partial charge >= 0.3 is 0 Å². The van der Waals surface area contributed by atoms with Crippen LogP contribution in [0.15, 0.2) is 43.0 Å². The quantitative estimate of drug-likeness (QED) is 0.717. The maximum Gasteiger partial charge on any atom is 0.109 e. The van der Waals surface area contributed by atoms with Crippen molar-refractivity contribution in [1.29, 1.82) is 0 Å². The third-order valence-electron chi connectivity index (χ3n) is 2.35. The molecule has 1 aromatic carbocycles. The van der Waals surface area contributed by atoms with E-state index in [1.54, 1.807) is 0 Å². The largest absolute Gasteiger partial charge is 0.391 e. The van der Waals surface area contributed by atoms with Crippen LogP contribution in [0.1, 0.15) is 12.5 Å². The van der Waals surface area contributed by atoms with E-state index in [-0.39, 0.29) is 0 Å². The molecule has 16 heavy (non-hydrogen) atoms. The minimum Gasteiger partial charge on any atom is -0.391 e. The molecule has 0 unspecified atom stereocenters. The smallest absolute Gasteiger partial charge is 0.109 e. The number of hydrogen-bond donors (Lipinski definition) is 2. The van der Waals surface area contributed by atoms with Gasteiger partial charge in [-0.3, -0.25) is 0 Å². The van der Waals surface area contributed by atoms with Gasteiger partial charge in [-0.25, -0.2) is 0 Å². The monoisotopic (exact) mass is 222 g/mol. The van der Waals surface area contributed by atoms with Gasteiger partial charge in [0.2, 0.25) is 0 Å². The van der Waals surface area contributed by atoms with Crippen LogP contribution in [0, 0.1) is 0 Å². The van der Waals surface area contributed by atoms with Crippen LogP contribution in [0.2, 0.25) is 0 Å². The fourth-order valence-corrected chi connectivity index (χ4v) is 1.35. The fourth-order valence-electron chi connectivity index (χ4n) is 1.35. The summed E-state index contributed by atoms with van der Waals surface area (Å²) in [6.07, 6.45) is -0.833. The zero-order valence-corrected chi connectivity index (χ0v) is 9.41. The summed E-state index contributed by atoms with van der Waals surface area (Å²) >= 11 is 0. The fraction of sp³-hybridized carbons (Fsp3) is 0.385. The molecule has 3 nitrogen and oxygen atoms in total. The molecule has 0 radical (unpaired) electrons. The number of aliphatic hydroxyl groups excluding tert-OH is 2. The van der Waals surface area contributed by atoms with E-state index in [2.05, 4.69) is 6.58 Å². The molecule has 2 N–H and O–H groups in total. The molecule has 0 bridgehead atoms. The van der Waals surface area contributed by atoms with E-state index in [4.69, 9.17) is 4.74 Å². The highest BCUT2D eigenvalue weighted by molar-refractivity contribution is 5.13. The van der Waals surface area contributed by atoms with E-state index in [1.807, 2.05) is 30.3 Å². The minimum absolute atomic E-state index is 0.390. The van der Waals surface area contributed by atoms with Crippen LogP contribution in [0.3, 0.4) is 0 Å². The maximum absolute atomic E-state index is 9.62. The lowest BCUT2D eigenvalue weighted by molar-refractivity contribution is -0.0692. The number of rotatable bonds is 6. The lowest BCUT2D eigenvalue weighted by atomic mass is 10.1. The summed E-state index contributed by atoms with van der Waals surface area (Å²) in [5, 5.41) is 18.9. The lowest BCUT2D eigenvalue weighted by Crippen LogP contribution is -2.36. The van der Waals surface area contributed by atoms with Gasteiger partial charge < -0.3 is 14.9 Å². The molecular formula is C13H18O3. The van der Waals surface area contributed by atoms with Gasteiger partial charge in [0.25, 0.3) is 0 Å². The molecule has 88 valence electrons. The summed E-state index contributed by atoms with van der Waals surface area (Å²) in [4.78, 5) is 0. The summed E-state index contributed by atoms with van der Waals surface area (Å²) in [5.41, 5.74) is 1.02. The minimum atomic E-state index is -0.943. The lowest BCUT2D eigenvalue weighted by Gasteiger charge is -2.22. The van der Waals surface area contributed by atoms with E-state index >= 15 is 0 Å². The molecule has 1 aromatic rings. The third kappa shape index (κ3) is 3.77. The number of benzene rings is 1. The van der Waals surface area contributed by atoms with Gasteiger partial charge in [-0.2, -0.15) is 0 Å². The van der Waals surface area contributed by atoms with E-state index in [0.29, 0.717) is 6.61 Å². The van der Waals surface area contributed by atoms with Gasteiger partial charge in [-0.05, 0) is 12.5 Å². The number of aliphatic hydroxyl groups is 2. The first-order valence-corrected chi connectivity index (χ1v) is 5.29. The molecule has 0 spiro atoms. The van der Waals surface area contributed by atoms with Gasteiger partial charge in [0.1, 0.15) is 12.2 Å². The van der Waals surface area contributed by atoms with E-state index in [9.17, 15) is 10.2 Å². The van der Waals surface area contributed by atoms with Crippen LogP contribution < -0.4 is 0 Å². The van der Waals surface area contributed by atoms with E-state index in [0.717, 1.165) is 5.56 Å². The summed E-state index contributed by atoms with van der Waals surface area (Å²) in [7, 11) is 0. The molecule has 3 atom stereocenters. The number of hydrogen-bond acceptors (Lipinski definition) is 3. The highest BCUT2D eigenvalue weighted by atomic mass is 16.5. The summed E-state index contributed by atoms with van der Waals surface area (Å²) in [6, 6.07) is 9.66. The van der Waals surface area contributed by atoms with Crippen molar-refractivity contribution in [3.8, 4) is 0 Å².